The second-order valence-corrected chi connectivity index (χ2v) is 7.16. The number of aromatic nitrogens is 3. The number of carbonyl (C=O) groups excluding carboxylic acids is 1. The third kappa shape index (κ3) is 3.13. The lowest BCUT2D eigenvalue weighted by Crippen LogP contribution is -2.27. The summed E-state index contributed by atoms with van der Waals surface area (Å²) in [4.78, 5) is 29.1. The molecule has 1 aliphatic carbocycles. The fourth-order valence-electron chi connectivity index (χ4n) is 4.23. The Morgan fingerprint density at radius 3 is 2.40 bits per heavy atom. The lowest BCUT2D eigenvalue weighted by Gasteiger charge is -2.27. The minimum absolute atomic E-state index is 0.0343. The van der Waals surface area contributed by atoms with Gasteiger partial charge in [0.25, 0.3) is 5.56 Å². The Labute approximate surface area is 146 Å². The monoisotopic (exact) mass is 340 g/mol. The van der Waals surface area contributed by atoms with E-state index in [0.29, 0.717) is 17.8 Å². The van der Waals surface area contributed by atoms with Gasteiger partial charge in [0.15, 0.2) is 0 Å². The van der Waals surface area contributed by atoms with Crippen LogP contribution in [0, 0.1) is 0 Å². The molecule has 1 aliphatic heterocycles. The number of rotatable bonds is 2. The number of pyridine rings is 1. The van der Waals surface area contributed by atoms with Crippen LogP contribution in [0.3, 0.4) is 0 Å². The van der Waals surface area contributed by atoms with Crippen molar-refractivity contribution in [2.45, 2.75) is 63.3 Å². The van der Waals surface area contributed by atoms with Gasteiger partial charge in [0.2, 0.25) is 5.91 Å². The van der Waals surface area contributed by atoms with Crippen LogP contribution in [0.25, 0.3) is 0 Å². The van der Waals surface area contributed by atoms with E-state index in [1.807, 2.05) is 16.8 Å². The van der Waals surface area contributed by atoms with Crippen LogP contribution in [0.2, 0.25) is 0 Å². The highest BCUT2D eigenvalue weighted by Crippen LogP contribution is 2.37. The van der Waals surface area contributed by atoms with E-state index in [1.165, 1.54) is 32.1 Å². The summed E-state index contributed by atoms with van der Waals surface area (Å²) >= 11 is 0. The molecule has 3 heterocycles. The smallest absolute Gasteiger partial charge is 0.270 e. The number of amides is 1. The zero-order chi connectivity index (χ0) is 17.2. The molecule has 1 atom stereocenters. The summed E-state index contributed by atoms with van der Waals surface area (Å²) < 4.78 is 1.94. The third-order valence-electron chi connectivity index (χ3n) is 5.51. The molecule has 2 aromatic heterocycles. The van der Waals surface area contributed by atoms with Crippen molar-refractivity contribution < 1.29 is 4.79 Å². The Morgan fingerprint density at radius 1 is 1.00 bits per heavy atom. The summed E-state index contributed by atoms with van der Waals surface area (Å²) in [5.74, 6) is 0.437. The van der Waals surface area contributed by atoms with Gasteiger partial charge < -0.3 is 5.32 Å². The first kappa shape index (κ1) is 16.1. The van der Waals surface area contributed by atoms with Crippen molar-refractivity contribution in [1.29, 1.82) is 0 Å². The van der Waals surface area contributed by atoms with Crippen molar-refractivity contribution >= 4 is 11.7 Å². The van der Waals surface area contributed by atoms with E-state index in [4.69, 9.17) is 0 Å². The van der Waals surface area contributed by atoms with Gasteiger partial charge in [-0.1, -0.05) is 32.1 Å². The second kappa shape index (κ2) is 6.86. The molecule has 132 valence electrons. The van der Waals surface area contributed by atoms with Gasteiger partial charge in [-0.25, -0.2) is 0 Å². The third-order valence-corrected chi connectivity index (χ3v) is 5.51. The number of hydrogen-bond donors (Lipinski definition) is 2. The van der Waals surface area contributed by atoms with Crippen molar-refractivity contribution in [3.63, 3.8) is 0 Å². The van der Waals surface area contributed by atoms with Gasteiger partial charge in [-0.05, 0) is 30.5 Å². The highest BCUT2D eigenvalue weighted by molar-refractivity contribution is 5.94. The maximum absolute atomic E-state index is 12.7. The zero-order valence-corrected chi connectivity index (χ0v) is 14.3. The second-order valence-electron chi connectivity index (χ2n) is 7.16. The molecule has 0 radical (unpaired) electrons. The van der Waals surface area contributed by atoms with Gasteiger partial charge in [0.1, 0.15) is 5.82 Å². The fraction of sp³-hybridized carbons (Fsp3) is 0.526. The Hall–Kier alpha value is -2.37. The normalized spacial score (nSPS) is 21.9. The van der Waals surface area contributed by atoms with Crippen LogP contribution in [0.15, 0.2) is 29.3 Å². The van der Waals surface area contributed by atoms with Crippen molar-refractivity contribution in [2.24, 2.45) is 0 Å². The summed E-state index contributed by atoms with van der Waals surface area (Å²) in [5.41, 5.74) is 1.57. The first-order chi connectivity index (χ1) is 12.2. The van der Waals surface area contributed by atoms with Crippen LogP contribution in [0.4, 0.5) is 5.82 Å². The molecule has 0 aromatic carbocycles. The summed E-state index contributed by atoms with van der Waals surface area (Å²) in [5, 5.41) is 5.98. The Morgan fingerprint density at radius 2 is 1.68 bits per heavy atom. The maximum Gasteiger partial charge on any atom is 0.270 e. The van der Waals surface area contributed by atoms with Crippen LogP contribution < -0.4 is 10.9 Å². The lowest BCUT2D eigenvalue weighted by atomic mass is 9.87. The molecule has 0 spiro atoms. The summed E-state index contributed by atoms with van der Waals surface area (Å²) in [6, 6.07) is 4.03. The zero-order valence-electron chi connectivity index (χ0n) is 14.3. The van der Waals surface area contributed by atoms with Crippen molar-refractivity contribution in [3.8, 4) is 0 Å². The van der Waals surface area contributed by atoms with E-state index in [2.05, 4.69) is 15.4 Å². The number of carbonyl (C=O) groups is 1. The fourth-order valence-corrected chi connectivity index (χ4v) is 4.23. The molecule has 6 heteroatoms. The Bertz CT molecular complexity index is 801. The molecular weight excluding hydrogens is 316 g/mol. The Kier molecular flexibility index (Phi) is 4.42. The van der Waals surface area contributed by atoms with Crippen LogP contribution >= 0.6 is 0 Å². The van der Waals surface area contributed by atoms with Gasteiger partial charge in [0.05, 0.1) is 11.6 Å². The van der Waals surface area contributed by atoms with Crippen LogP contribution in [0.1, 0.15) is 74.5 Å². The molecule has 2 aliphatic rings. The standard InChI is InChI=1S/C19H24N4O2/c24-16-12-15(13-8-10-20-11-9-13)17-18(21-16)23(22-19(17)25)14-6-4-2-1-3-5-7-14/h8-11,14-15H,1-7,12H2,(H,21,24)(H,22,25). The summed E-state index contributed by atoms with van der Waals surface area (Å²) in [6.07, 6.45) is 11.9. The molecule has 4 rings (SSSR count). The number of hydrogen-bond acceptors (Lipinski definition) is 3. The van der Waals surface area contributed by atoms with Gasteiger partial charge in [0, 0.05) is 24.7 Å². The van der Waals surface area contributed by atoms with Gasteiger partial charge in [-0.15, -0.1) is 0 Å². The molecule has 2 N–H and O–H groups in total. The van der Waals surface area contributed by atoms with E-state index in [0.717, 1.165) is 18.4 Å². The molecule has 2 aromatic rings. The van der Waals surface area contributed by atoms with Crippen molar-refractivity contribution in [1.82, 2.24) is 14.8 Å². The number of H-pyrrole nitrogens is 1. The molecule has 1 unspecified atom stereocenters. The molecule has 1 fully saturated rings. The number of anilines is 1. The number of aromatic amines is 1. The maximum atomic E-state index is 12.7. The van der Waals surface area contributed by atoms with E-state index in [-0.39, 0.29) is 23.4 Å². The van der Waals surface area contributed by atoms with Crippen LogP contribution in [0.5, 0.6) is 0 Å². The minimum atomic E-state index is -0.203. The quantitative estimate of drug-likeness (QED) is 0.880. The van der Waals surface area contributed by atoms with Crippen molar-refractivity contribution in [2.75, 3.05) is 5.32 Å². The number of nitrogens with zero attached hydrogens (tertiary/aromatic N) is 2. The molecule has 25 heavy (non-hydrogen) atoms. The predicted octanol–water partition coefficient (Wildman–Crippen LogP) is 3.33. The number of nitrogens with one attached hydrogen (secondary N) is 2. The van der Waals surface area contributed by atoms with Gasteiger partial charge in [-0.3, -0.25) is 24.4 Å². The molecule has 1 amide bonds. The number of fused-ring (bicyclic) bond motifs is 1. The first-order valence-corrected chi connectivity index (χ1v) is 9.28. The minimum Gasteiger partial charge on any atom is -0.311 e. The summed E-state index contributed by atoms with van der Waals surface area (Å²) in [7, 11) is 0. The van der Waals surface area contributed by atoms with Gasteiger partial charge >= 0.3 is 0 Å². The van der Waals surface area contributed by atoms with E-state index < -0.39 is 0 Å². The average Bonchev–Trinajstić information content (AvgIpc) is 2.91. The first-order valence-electron chi connectivity index (χ1n) is 9.28. The van der Waals surface area contributed by atoms with Crippen LogP contribution in [-0.2, 0) is 4.79 Å². The topological polar surface area (TPSA) is 79.8 Å². The molecular formula is C19H24N4O2. The molecule has 1 saturated carbocycles. The largest absolute Gasteiger partial charge is 0.311 e. The van der Waals surface area contributed by atoms with E-state index in [9.17, 15) is 9.59 Å². The van der Waals surface area contributed by atoms with E-state index >= 15 is 0 Å². The molecule has 6 nitrogen and oxygen atoms in total. The average molecular weight is 340 g/mol. The summed E-state index contributed by atoms with van der Waals surface area (Å²) in [6.45, 7) is 0. The highest BCUT2D eigenvalue weighted by Gasteiger charge is 2.34. The lowest BCUT2D eigenvalue weighted by molar-refractivity contribution is -0.116. The van der Waals surface area contributed by atoms with Gasteiger partial charge in [-0.2, -0.15) is 0 Å². The SMILES string of the molecule is O=C1CC(c2ccncc2)c2c(n(C3CCCCCCC3)[nH]c2=O)N1. The van der Waals surface area contributed by atoms with Crippen molar-refractivity contribution in [3.05, 3.63) is 46.0 Å². The molecule has 0 saturated heterocycles. The van der Waals surface area contributed by atoms with Crippen LogP contribution in [-0.4, -0.2) is 20.7 Å². The molecule has 0 bridgehead atoms. The highest BCUT2D eigenvalue weighted by atomic mass is 16.2. The Balaban J connectivity index is 1.75. The predicted molar refractivity (Wildman–Crippen MR) is 95.7 cm³/mol. The van der Waals surface area contributed by atoms with E-state index in [1.54, 1.807) is 12.4 Å².